The number of carbonyl (C=O) groups is 1. The highest BCUT2D eigenvalue weighted by Crippen LogP contribution is 2.16. The number of ether oxygens (including phenoxy) is 2. The highest BCUT2D eigenvalue weighted by Gasteiger charge is 2.21. The first-order valence-electron chi connectivity index (χ1n) is 7.45. The summed E-state index contributed by atoms with van der Waals surface area (Å²) in [6, 6.07) is 14.1. The van der Waals surface area contributed by atoms with E-state index in [9.17, 15) is 4.79 Å². The number of aliphatic imine (C=N–C) groups is 3. The van der Waals surface area contributed by atoms with Crippen LogP contribution in [-0.2, 0) is 4.79 Å². The number of nitrogens with two attached hydrogens (primary N) is 1. The van der Waals surface area contributed by atoms with Gasteiger partial charge in [0.15, 0.2) is 5.84 Å². The Labute approximate surface area is 144 Å². The third kappa shape index (κ3) is 3.55. The maximum atomic E-state index is 12.0. The fraction of sp³-hybridized carbons (Fsp3) is 0.111. The molecule has 126 valence electrons. The fourth-order valence-corrected chi connectivity index (χ4v) is 2.20. The first-order valence-corrected chi connectivity index (χ1v) is 7.45. The van der Waals surface area contributed by atoms with Crippen molar-refractivity contribution in [2.75, 3.05) is 14.2 Å². The molecule has 7 heteroatoms. The monoisotopic (exact) mass is 336 g/mol. The van der Waals surface area contributed by atoms with Crippen molar-refractivity contribution in [1.82, 2.24) is 0 Å². The topological polar surface area (TPSA) is 98.6 Å². The highest BCUT2D eigenvalue weighted by atomic mass is 16.5. The molecule has 0 atom stereocenters. The van der Waals surface area contributed by atoms with Crippen LogP contribution in [0, 0.1) is 0 Å². The number of hydrogen-bond donors (Lipinski definition) is 1. The Morgan fingerprint density at radius 2 is 1.48 bits per heavy atom. The number of nitrogens with zero attached hydrogens (tertiary/aromatic N) is 3. The van der Waals surface area contributed by atoms with Crippen LogP contribution in [0.25, 0.3) is 0 Å². The summed E-state index contributed by atoms with van der Waals surface area (Å²) >= 11 is 0. The number of hydrogen-bond acceptors (Lipinski definition) is 5. The van der Waals surface area contributed by atoms with Crippen molar-refractivity contribution in [3.8, 4) is 11.5 Å². The molecule has 1 aliphatic heterocycles. The molecule has 0 bridgehead atoms. The van der Waals surface area contributed by atoms with Crippen molar-refractivity contribution in [2.45, 2.75) is 0 Å². The molecule has 25 heavy (non-hydrogen) atoms. The molecular weight excluding hydrogens is 320 g/mol. The molecule has 0 spiro atoms. The molecule has 2 N–H and O–H groups in total. The highest BCUT2D eigenvalue weighted by molar-refractivity contribution is 6.47. The molecule has 0 unspecified atom stereocenters. The second-order valence-electron chi connectivity index (χ2n) is 5.13. The molecular formula is C18H16N4O3. The van der Waals surface area contributed by atoms with Gasteiger partial charge in [-0.2, -0.15) is 4.99 Å². The Morgan fingerprint density at radius 1 is 0.920 bits per heavy atom. The lowest BCUT2D eigenvalue weighted by Crippen LogP contribution is -2.17. The number of amidine groups is 3. The summed E-state index contributed by atoms with van der Waals surface area (Å²) < 4.78 is 10.2. The summed E-state index contributed by atoms with van der Waals surface area (Å²) in [5, 5.41) is 0. The fourth-order valence-electron chi connectivity index (χ4n) is 2.20. The Morgan fingerprint density at radius 3 is 2.04 bits per heavy atom. The molecule has 1 heterocycles. The van der Waals surface area contributed by atoms with Gasteiger partial charge in [-0.1, -0.05) is 0 Å². The second-order valence-corrected chi connectivity index (χ2v) is 5.13. The van der Waals surface area contributed by atoms with Crippen LogP contribution in [0.2, 0.25) is 0 Å². The van der Waals surface area contributed by atoms with Gasteiger partial charge in [0.1, 0.15) is 17.3 Å². The van der Waals surface area contributed by atoms with E-state index in [-0.39, 0.29) is 11.7 Å². The molecule has 0 saturated carbocycles. The third-order valence-corrected chi connectivity index (χ3v) is 3.57. The predicted octanol–water partition coefficient (Wildman–Crippen LogP) is 1.79. The standard InChI is InChI=1S/C18H16N4O3/c1-24-13-7-3-11(4-8-13)15(19)20-17-18(23)22-16(21-17)12-5-9-14(25-2)10-6-12/h3-10H,1-2H3,(H2,19,20,21,22,23). The minimum absolute atomic E-state index is 0.0425. The second kappa shape index (κ2) is 6.96. The lowest BCUT2D eigenvalue weighted by atomic mass is 10.2. The Bertz CT molecular complexity index is 882. The minimum Gasteiger partial charge on any atom is -0.497 e. The number of carbonyl (C=O) groups excluding carboxylic acids is 1. The molecule has 0 aliphatic carbocycles. The van der Waals surface area contributed by atoms with Gasteiger partial charge >= 0.3 is 5.91 Å². The van der Waals surface area contributed by atoms with Crippen LogP contribution in [-0.4, -0.2) is 37.6 Å². The van der Waals surface area contributed by atoms with Gasteiger partial charge < -0.3 is 15.2 Å². The van der Waals surface area contributed by atoms with Gasteiger partial charge in [-0.25, -0.2) is 9.98 Å². The van der Waals surface area contributed by atoms with Gasteiger partial charge in [0.05, 0.1) is 14.2 Å². The van der Waals surface area contributed by atoms with E-state index in [2.05, 4.69) is 15.0 Å². The largest absolute Gasteiger partial charge is 0.497 e. The summed E-state index contributed by atoms with van der Waals surface area (Å²) in [6.07, 6.45) is 0. The summed E-state index contributed by atoms with van der Waals surface area (Å²) in [6.45, 7) is 0. The van der Waals surface area contributed by atoms with Crippen molar-refractivity contribution in [3.05, 3.63) is 59.7 Å². The normalized spacial score (nSPS) is 14.2. The number of rotatable bonds is 4. The van der Waals surface area contributed by atoms with Gasteiger partial charge in [-0.05, 0) is 48.5 Å². The molecule has 0 radical (unpaired) electrons. The molecule has 1 amide bonds. The lowest BCUT2D eigenvalue weighted by molar-refractivity contribution is -0.111. The van der Waals surface area contributed by atoms with E-state index in [1.165, 1.54) is 0 Å². The maximum Gasteiger partial charge on any atom is 0.316 e. The number of benzene rings is 2. The zero-order valence-corrected chi connectivity index (χ0v) is 13.8. The predicted molar refractivity (Wildman–Crippen MR) is 95.7 cm³/mol. The van der Waals surface area contributed by atoms with E-state index < -0.39 is 5.91 Å². The average molecular weight is 336 g/mol. The van der Waals surface area contributed by atoms with E-state index in [0.29, 0.717) is 28.5 Å². The zero-order chi connectivity index (χ0) is 17.8. The zero-order valence-electron chi connectivity index (χ0n) is 13.8. The van der Waals surface area contributed by atoms with Gasteiger partial charge in [-0.3, -0.25) is 4.79 Å². The summed E-state index contributed by atoms with van der Waals surface area (Å²) in [7, 11) is 3.16. The van der Waals surface area contributed by atoms with E-state index in [0.717, 1.165) is 0 Å². The molecule has 3 rings (SSSR count). The SMILES string of the molecule is COc1ccc(C(N)=NC2=NC(c3ccc(OC)cc3)=NC2=O)cc1. The first kappa shape index (κ1) is 16.4. The molecule has 2 aromatic rings. The average Bonchev–Trinajstić information content (AvgIpc) is 3.02. The molecule has 0 aromatic heterocycles. The van der Waals surface area contributed by atoms with Crippen LogP contribution in [0.15, 0.2) is 63.5 Å². The summed E-state index contributed by atoms with van der Waals surface area (Å²) in [5.74, 6) is 1.33. The maximum absolute atomic E-state index is 12.0. The molecule has 7 nitrogen and oxygen atoms in total. The van der Waals surface area contributed by atoms with E-state index in [1.807, 2.05) is 0 Å². The molecule has 1 aliphatic rings. The van der Waals surface area contributed by atoms with Gasteiger partial charge in [-0.15, -0.1) is 0 Å². The van der Waals surface area contributed by atoms with Crippen LogP contribution in [0.1, 0.15) is 11.1 Å². The summed E-state index contributed by atoms with van der Waals surface area (Å²) in [5.41, 5.74) is 7.32. The van der Waals surface area contributed by atoms with Crippen LogP contribution >= 0.6 is 0 Å². The molecule has 0 saturated heterocycles. The van der Waals surface area contributed by atoms with E-state index in [1.54, 1.807) is 62.8 Å². The van der Waals surface area contributed by atoms with Crippen molar-refractivity contribution < 1.29 is 14.3 Å². The Hall–Kier alpha value is -3.48. The summed E-state index contributed by atoms with van der Waals surface area (Å²) in [4.78, 5) is 24.2. The van der Waals surface area contributed by atoms with Gasteiger partial charge in [0.25, 0.3) is 0 Å². The number of methoxy groups -OCH3 is 2. The smallest absolute Gasteiger partial charge is 0.316 e. The van der Waals surface area contributed by atoms with Crippen molar-refractivity contribution >= 4 is 23.4 Å². The van der Waals surface area contributed by atoms with Gasteiger partial charge in [0, 0.05) is 11.1 Å². The van der Waals surface area contributed by atoms with Crippen molar-refractivity contribution in [2.24, 2.45) is 20.7 Å². The van der Waals surface area contributed by atoms with Crippen LogP contribution < -0.4 is 15.2 Å². The third-order valence-electron chi connectivity index (χ3n) is 3.57. The van der Waals surface area contributed by atoms with Crippen LogP contribution in [0.3, 0.4) is 0 Å². The first-order chi connectivity index (χ1) is 12.1. The van der Waals surface area contributed by atoms with Crippen molar-refractivity contribution in [3.63, 3.8) is 0 Å². The molecule has 0 fully saturated rings. The Balaban J connectivity index is 1.83. The number of amides is 1. The molecule has 2 aromatic carbocycles. The van der Waals surface area contributed by atoms with Gasteiger partial charge in [0.2, 0.25) is 5.84 Å². The van der Waals surface area contributed by atoms with E-state index >= 15 is 0 Å². The quantitative estimate of drug-likeness (QED) is 0.680. The van der Waals surface area contributed by atoms with Crippen LogP contribution in [0.4, 0.5) is 0 Å². The van der Waals surface area contributed by atoms with Crippen LogP contribution in [0.5, 0.6) is 11.5 Å². The van der Waals surface area contributed by atoms with E-state index in [4.69, 9.17) is 15.2 Å². The van der Waals surface area contributed by atoms with Crippen molar-refractivity contribution in [1.29, 1.82) is 0 Å². The minimum atomic E-state index is -0.526. The Kier molecular flexibility index (Phi) is 4.56. The lowest BCUT2D eigenvalue weighted by Gasteiger charge is -2.02.